The third-order valence-electron chi connectivity index (χ3n) is 8.38. The summed E-state index contributed by atoms with van der Waals surface area (Å²) in [5.41, 5.74) is 5.82. The molecule has 1 N–H and O–H groups in total. The highest BCUT2D eigenvalue weighted by Gasteiger charge is 2.25. The van der Waals surface area contributed by atoms with E-state index in [-0.39, 0.29) is 17.9 Å². The molecule has 0 aliphatic carbocycles. The number of likely N-dealkylation sites (tertiary alicyclic amines) is 1. The molecule has 2 fully saturated rings. The van der Waals surface area contributed by atoms with E-state index in [4.69, 9.17) is 9.47 Å². The molecule has 0 radical (unpaired) electrons. The number of benzene rings is 4. The van der Waals surface area contributed by atoms with Gasteiger partial charge in [-0.2, -0.15) is 0 Å². The van der Waals surface area contributed by atoms with Crippen LogP contribution in [0.1, 0.15) is 44.7 Å². The minimum Gasteiger partial charge on any atom is -0.490 e. The lowest BCUT2D eigenvalue weighted by atomic mass is 10.0. The number of rotatable bonds is 8. The second-order valence-electron chi connectivity index (χ2n) is 11.6. The topological polar surface area (TPSA) is 71.1 Å². The molecule has 0 spiro atoms. The Morgan fingerprint density at radius 3 is 1.75 bits per heavy atom. The number of piperidine rings is 1. The zero-order valence-electron chi connectivity index (χ0n) is 25.2. The Balaban J connectivity index is 0.950. The quantitative estimate of drug-likeness (QED) is 0.274. The number of carbonyl (C=O) groups is 2. The molecule has 0 atom stereocenters. The first-order valence-electron chi connectivity index (χ1n) is 15.5. The van der Waals surface area contributed by atoms with Gasteiger partial charge in [0.1, 0.15) is 24.2 Å². The molecule has 7 nitrogen and oxygen atoms in total. The van der Waals surface area contributed by atoms with Gasteiger partial charge < -0.3 is 24.6 Å². The highest BCUT2D eigenvalue weighted by molar-refractivity contribution is 5.95. The lowest BCUT2D eigenvalue weighted by Crippen LogP contribution is -2.46. The predicted octanol–water partition coefficient (Wildman–Crippen LogP) is 5.97. The van der Waals surface area contributed by atoms with E-state index < -0.39 is 0 Å². The number of nitrogens with one attached hydrogen (secondary N) is 1. The molecule has 2 heterocycles. The summed E-state index contributed by atoms with van der Waals surface area (Å²) < 4.78 is 12.3. The molecule has 0 unspecified atom stereocenters. The highest BCUT2D eigenvalue weighted by atomic mass is 16.5. The van der Waals surface area contributed by atoms with Crippen molar-refractivity contribution in [3.8, 4) is 22.6 Å². The Bertz CT molecular complexity index is 1540. The van der Waals surface area contributed by atoms with Gasteiger partial charge in [0.05, 0.1) is 0 Å². The van der Waals surface area contributed by atoms with Gasteiger partial charge in [0.25, 0.3) is 11.8 Å². The first-order chi connectivity index (χ1) is 21.5. The van der Waals surface area contributed by atoms with Crippen LogP contribution in [0.25, 0.3) is 11.1 Å². The van der Waals surface area contributed by atoms with Crippen LogP contribution >= 0.6 is 0 Å². The third kappa shape index (κ3) is 7.29. The fourth-order valence-corrected chi connectivity index (χ4v) is 5.68. The van der Waals surface area contributed by atoms with Crippen molar-refractivity contribution >= 4 is 11.8 Å². The Kier molecular flexibility index (Phi) is 9.22. The van der Waals surface area contributed by atoms with E-state index in [0.29, 0.717) is 19.7 Å². The van der Waals surface area contributed by atoms with Crippen molar-refractivity contribution in [3.63, 3.8) is 0 Å². The summed E-state index contributed by atoms with van der Waals surface area (Å²) in [7, 11) is 0. The normalized spacial score (nSPS) is 15.6. The zero-order chi connectivity index (χ0) is 30.3. The summed E-state index contributed by atoms with van der Waals surface area (Å²) in [6, 6.07) is 31.7. The second-order valence-corrected chi connectivity index (χ2v) is 11.6. The number of nitrogens with zero attached hydrogens (tertiary/aromatic N) is 2. The SMILES string of the molecule is Cc1ccc(C(=O)N2CCC(Oc3ccc(COc4ccc(-c5ccc(C(=O)N6CCNCC6)cc5)cc4)cc3)CC2)cc1. The van der Waals surface area contributed by atoms with E-state index in [1.54, 1.807) is 0 Å². The molecule has 7 heteroatoms. The number of ether oxygens (including phenoxy) is 2. The average molecular weight is 590 g/mol. The van der Waals surface area contributed by atoms with Crippen molar-refractivity contribution < 1.29 is 19.1 Å². The van der Waals surface area contributed by atoms with Crippen molar-refractivity contribution in [2.45, 2.75) is 32.5 Å². The number of hydrogen-bond donors (Lipinski definition) is 1. The monoisotopic (exact) mass is 589 g/mol. The lowest BCUT2D eigenvalue weighted by Gasteiger charge is -2.32. The van der Waals surface area contributed by atoms with Crippen molar-refractivity contribution in [1.82, 2.24) is 15.1 Å². The van der Waals surface area contributed by atoms with Gasteiger partial charge in [-0.15, -0.1) is 0 Å². The molecular formula is C37H39N3O4. The number of aryl methyl sites for hydroxylation is 1. The molecule has 2 aliphatic rings. The summed E-state index contributed by atoms with van der Waals surface area (Å²) in [6.07, 6.45) is 1.73. The van der Waals surface area contributed by atoms with Gasteiger partial charge in [-0.1, -0.05) is 54.1 Å². The number of hydrogen-bond acceptors (Lipinski definition) is 5. The van der Waals surface area contributed by atoms with Gasteiger partial charge in [0.2, 0.25) is 0 Å². The van der Waals surface area contributed by atoms with E-state index in [9.17, 15) is 9.59 Å². The second kappa shape index (κ2) is 13.8. The van der Waals surface area contributed by atoms with Gasteiger partial charge in [-0.3, -0.25) is 9.59 Å². The van der Waals surface area contributed by atoms with Gasteiger partial charge in [-0.05, 0) is 72.1 Å². The average Bonchev–Trinajstić information content (AvgIpc) is 3.09. The number of piperazine rings is 1. The van der Waals surface area contributed by atoms with Crippen LogP contribution < -0.4 is 14.8 Å². The summed E-state index contributed by atoms with van der Waals surface area (Å²) in [6.45, 7) is 7.07. The Morgan fingerprint density at radius 2 is 1.16 bits per heavy atom. The zero-order valence-corrected chi connectivity index (χ0v) is 25.2. The first kappa shape index (κ1) is 29.5. The van der Waals surface area contributed by atoms with Crippen LogP contribution in [0.2, 0.25) is 0 Å². The van der Waals surface area contributed by atoms with Gasteiger partial charge in [-0.25, -0.2) is 0 Å². The largest absolute Gasteiger partial charge is 0.490 e. The van der Waals surface area contributed by atoms with Gasteiger partial charge >= 0.3 is 0 Å². The minimum atomic E-state index is 0.0917. The van der Waals surface area contributed by atoms with E-state index in [1.807, 2.05) is 114 Å². The molecule has 44 heavy (non-hydrogen) atoms. The fraction of sp³-hybridized carbons (Fsp3) is 0.297. The molecule has 0 saturated carbocycles. The van der Waals surface area contributed by atoms with Crippen molar-refractivity contribution in [2.75, 3.05) is 39.3 Å². The summed E-state index contributed by atoms with van der Waals surface area (Å²) in [5.74, 6) is 1.82. The fourth-order valence-electron chi connectivity index (χ4n) is 5.68. The van der Waals surface area contributed by atoms with Crippen LogP contribution in [0.15, 0.2) is 97.1 Å². The maximum Gasteiger partial charge on any atom is 0.253 e. The third-order valence-corrected chi connectivity index (χ3v) is 8.38. The van der Waals surface area contributed by atoms with Crippen LogP contribution in [0.3, 0.4) is 0 Å². The molecule has 2 saturated heterocycles. The smallest absolute Gasteiger partial charge is 0.253 e. The first-order valence-corrected chi connectivity index (χ1v) is 15.5. The van der Waals surface area contributed by atoms with Crippen molar-refractivity contribution in [2.24, 2.45) is 0 Å². The van der Waals surface area contributed by atoms with Crippen LogP contribution in [0.4, 0.5) is 0 Å². The highest BCUT2D eigenvalue weighted by Crippen LogP contribution is 2.25. The van der Waals surface area contributed by atoms with Crippen molar-refractivity contribution in [1.29, 1.82) is 0 Å². The van der Waals surface area contributed by atoms with Gasteiger partial charge in [0.15, 0.2) is 0 Å². The standard InChI is InChI=1S/C37H39N3O4/c1-27-2-6-31(7-3-27)36(41)39-22-18-35(19-23-39)44-34-14-4-28(5-15-34)26-43-33-16-12-30(13-17-33)29-8-10-32(11-9-29)37(42)40-24-20-38-21-25-40/h2-17,35,38H,18-26H2,1H3. The number of amides is 2. The van der Waals surface area contributed by atoms with Crippen LogP contribution in [0.5, 0.6) is 11.5 Å². The summed E-state index contributed by atoms with van der Waals surface area (Å²) in [5, 5.41) is 3.28. The molecule has 4 aromatic rings. The molecule has 2 aliphatic heterocycles. The minimum absolute atomic E-state index is 0.0917. The van der Waals surface area contributed by atoms with E-state index in [0.717, 1.165) is 83.9 Å². The van der Waals surface area contributed by atoms with Crippen LogP contribution in [-0.4, -0.2) is 67.0 Å². The van der Waals surface area contributed by atoms with Crippen LogP contribution in [0, 0.1) is 6.92 Å². The molecular weight excluding hydrogens is 550 g/mol. The molecule has 0 aromatic heterocycles. The van der Waals surface area contributed by atoms with Crippen LogP contribution in [-0.2, 0) is 6.61 Å². The predicted molar refractivity (Wildman–Crippen MR) is 172 cm³/mol. The molecule has 226 valence electrons. The molecule has 4 aromatic carbocycles. The van der Waals surface area contributed by atoms with Crippen molar-refractivity contribution in [3.05, 3.63) is 119 Å². The Labute approximate surface area is 259 Å². The maximum atomic E-state index is 12.8. The summed E-state index contributed by atoms with van der Waals surface area (Å²) >= 11 is 0. The van der Waals surface area contributed by atoms with E-state index in [2.05, 4.69) is 5.32 Å². The van der Waals surface area contributed by atoms with Gasteiger partial charge in [0, 0.05) is 63.2 Å². The maximum absolute atomic E-state index is 12.8. The summed E-state index contributed by atoms with van der Waals surface area (Å²) in [4.78, 5) is 29.4. The lowest BCUT2D eigenvalue weighted by molar-refractivity contribution is 0.0595. The Morgan fingerprint density at radius 1 is 0.659 bits per heavy atom. The Hall–Kier alpha value is -4.62. The molecule has 6 rings (SSSR count). The molecule has 0 bridgehead atoms. The number of carbonyl (C=O) groups excluding carboxylic acids is 2. The molecule has 2 amide bonds. The van der Waals surface area contributed by atoms with E-state index in [1.165, 1.54) is 0 Å². The van der Waals surface area contributed by atoms with E-state index >= 15 is 0 Å².